The Morgan fingerprint density at radius 1 is 0.968 bits per heavy atom. The highest BCUT2D eigenvalue weighted by Crippen LogP contribution is 2.29. The van der Waals surface area contributed by atoms with Crippen LogP contribution in [0.5, 0.6) is 23.0 Å². The summed E-state index contributed by atoms with van der Waals surface area (Å²) >= 11 is 0. The van der Waals surface area contributed by atoms with Gasteiger partial charge in [0, 0.05) is 12.5 Å². The Morgan fingerprint density at radius 2 is 1.61 bits per heavy atom. The quantitative estimate of drug-likeness (QED) is 0.230. The van der Waals surface area contributed by atoms with E-state index in [1.165, 1.54) is 32.4 Å². The molecule has 0 aliphatic carbocycles. The molecule has 2 aromatic carbocycles. The van der Waals surface area contributed by atoms with E-state index < -0.39 is 12.5 Å². The van der Waals surface area contributed by atoms with E-state index in [4.69, 9.17) is 14.2 Å². The van der Waals surface area contributed by atoms with Gasteiger partial charge in [-0.1, -0.05) is 24.3 Å². The molecule has 7 heteroatoms. The van der Waals surface area contributed by atoms with Crippen LogP contribution in [-0.2, 0) is 4.79 Å². The summed E-state index contributed by atoms with van der Waals surface area (Å²) < 4.78 is 27.9. The van der Waals surface area contributed by atoms with Crippen molar-refractivity contribution in [2.75, 3.05) is 27.5 Å². The maximum Gasteiger partial charge on any atom is 0.182 e. The molecule has 0 atom stereocenters. The number of allylic oxidation sites excluding steroid dienone is 3. The molecule has 31 heavy (non-hydrogen) atoms. The average Bonchev–Trinajstić information content (AvgIpc) is 2.77. The lowest BCUT2D eigenvalue weighted by molar-refractivity contribution is -0.110. The fraction of sp³-hybridized carbons (Fsp3) is 0.208. The third-order valence-corrected chi connectivity index (χ3v) is 4.10. The van der Waals surface area contributed by atoms with E-state index in [-0.39, 0.29) is 18.1 Å². The van der Waals surface area contributed by atoms with E-state index in [1.54, 1.807) is 42.5 Å². The number of benzene rings is 2. The minimum absolute atomic E-state index is 0.00430. The Morgan fingerprint density at radius 3 is 2.29 bits per heavy atom. The van der Waals surface area contributed by atoms with Crippen molar-refractivity contribution in [3.05, 3.63) is 71.5 Å². The van der Waals surface area contributed by atoms with Crippen molar-refractivity contribution in [3.63, 3.8) is 0 Å². The van der Waals surface area contributed by atoms with Crippen LogP contribution in [0, 0.1) is 0 Å². The van der Waals surface area contributed by atoms with Crippen molar-refractivity contribution >= 4 is 17.9 Å². The zero-order chi connectivity index (χ0) is 22.6. The smallest absolute Gasteiger partial charge is 0.182 e. The standard InChI is InChI=1S/C24H25FO6/c1-29-23-14-17(6-10-21(23)28)4-8-19(26)16-20(27)9-5-18-7-11-22(24(15-18)30-2)31-13-3-12-25/h4-11,14-16,27-28H,3,12-13H2,1-2H3/b8-4+,9-5+,20-16-/i25-1. The second kappa shape index (κ2) is 12.1. The van der Waals surface area contributed by atoms with E-state index in [1.807, 2.05) is 0 Å². The Labute approximate surface area is 180 Å². The number of hydrogen-bond acceptors (Lipinski definition) is 6. The summed E-state index contributed by atoms with van der Waals surface area (Å²) in [6.45, 7) is -0.204. The van der Waals surface area contributed by atoms with Gasteiger partial charge in [-0.3, -0.25) is 9.18 Å². The number of hydrogen-bond donors (Lipinski definition) is 2. The van der Waals surface area contributed by atoms with Crippen LogP contribution in [0.25, 0.3) is 12.2 Å². The second-order valence-corrected chi connectivity index (χ2v) is 6.37. The molecule has 0 amide bonds. The highest BCUT2D eigenvalue weighted by molar-refractivity contribution is 6.02. The van der Waals surface area contributed by atoms with Gasteiger partial charge in [0.2, 0.25) is 0 Å². The molecule has 0 saturated heterocycles. The maximum atomic E-state index is 12.2. The number of rotatable bonds is 11. The van der Waals surface area contributed by atoms with Gasteiger partial charge >= 0.3 is 0 Å². The Hall–Kier alpha value is -3.74. The van der Waals surface area contributed by atoms with Gasteiger partial charge in [0.25, 0.3) is 0 Å². The lowest BCUT2D eigenvalue weighted by atomic mass is 10.1. The van der Waals surface area contributed by atoms with E-state index in [9.17, 15) is 19.4 Å². The van der Waals surface area contributed by atoms with Gasteiger partial charge in [-0.25, -0.2) is 0 Å². The van der Waals surface area contributed by atoms with Gasteiger partial charge in [0.1, 0.15) is 5.76 Å². The van der Waals surface area contributed by atoms with Crippen molar-refractivity contribution in [1.82, 2.24) is 0 Å². The normalized spacial score (nSPS) is 11.8. The number of carbonyl (C=O) groups is 1. The highest BCUT2D eigenvalue weighted by atomic mass is 18.2. The van der Waals surface area contributed by atoms with Crippen LogP contribution >= 0.6 is 0 Å². The largest absolute Gasteiger partial charge is 0.508 e. The van der Waals surface area contributed by atoms with E-state index >= 15 is 0 Å². The molecule has 0 unspecified atom stereocenters. The molecule has 2 N–H and O–H groups in total. The minimum atomic E-state index is -0.453. The lowest BCUT2D eigenvalue weighted by Crippen LogP contribution is -2.00. The number of aliphatic hydroxyl groups is 1. The molecule has 0 spiro atoms. The first-order valence-corrected chi connectivity index (χ1v) is 9.51. The van der Waals surface area contributed by atoms with E-state index in [0.717, 1.165) is 6.08 Å². The number of aromatic hydroxyl groups is 1. The number of ketones is 1. The molecule has 2 aromatic rings. The maximum absolute atomic E-state index is 12.2. The van der Waals surface area contributed by atoms with Crippen molar-refractivity contribution in [1.29, 1.82) is 0 Å². The summed E-state index contributed by atoms with van der Waals surface area (Å²) in [6.07, 6.45) is 7.21. The number of halogens is 1. The molecule has 0 fully saturated rings. The van der Waals surface area contributed by atoms with Gasteiger partial charge in [0.05, 0.1) is 27.5 Å². The van der Waals surface area contributed by atoms with Crippen LogP contribution in [0.4, 0.5) is 4.39 Å². The van der Waals surface area contributed by atoms with Gasteiger partial charge in [-0.15, -0.1) is 0 Å². The number of phenols is 1. The zero-order valence-electron chi connectivity index (χ0n) is 17.4. The first-order chi connectivity index (χ1) is 15.0. The van der Waals surface area contributed by atoms with Crippen LogP contribution in [-0.4, -0.2) is 43.5 Å². The summed E-state index contributed by atoms with van der Waals surface area (Å²) in [7, 11) is 2.93. The minimum Gasteiger partial charge on any atom is -0.508 e. The number of aliphatic hydroxyl groups excluding tert-OH is 1. The molecule has 164 valence electrons. The molecular formula is C24H25FO6. The molecule has 0 radical (unpaired) electrons. The third-order valence-electron chi connectivity index (χ3n) is 4.10. The lowest BCUT2D eigenvalue weighted by Gasteiger charge is -2.10. The molecule has 0 aromatic heterocycles. The average molecular weight is 427 g/mol. The van der Waals surface area contributed by atoms with Gasteiger partial charge < -0.3 is 24.4 Å². The van der Waals surface area contributed by atoms with Crippen molar-refractivity contribution in [3.8, 4) is 23.0 Å². The Balaban J connectivity index is 2.02. The molecular weight excluding hydrogens is 402 g/mol. The summed E-state index contributed by atoms with van der Waals surface area (Å²) in [6, 6.07) is 9.82. The molecule has 0 saturated carbocycles. The predicted molar refractivity (Wildman–Crippen MR) is 118 cm³/mol. The van der Waals surface area contributed by atoms with Gasteiger partial charge in [-0.05, 0) is 47.5 Å². The van der Waals surface area contributed by atoms with Gasteiger partial charge in [-0.2, -0.15) is 0 Å². The summed E-state index contributed by atoms with van der Waals surface area (Å²) in [5, 5.41) is 19.6. The van der Waals surface area contributed by atoms with Crippen LogP contribution in [0.2, 0.25) is 0 Å². The first kappa shape index (κ1) is 23.5. The molecule has 2 rings (SSSR count). The van der Waals surface area contributed by atoms with Crippen LogP contribution in [0.3, 0.4) is 0 Å². The Bertz CT molecular complexity index is 978. The van der Waals surface area contributed by atoms with Gasteiger partial charge in [0.15, 0.2) is 28.8 Å². The van der Waals surface area contributed by atoms with Crippen LogP contribution in [0.15, 0.2) is 60.4 Å². The fourth-order valence-corrected chi connectivity index (χ4v) is 2.54. The molecule has 0 aliphatic rings. The number of alkyl halides is 1. The third kappa shape index (κ3) is 7.54. The monoisotopic (exact) mass is 427 g/mol. The number of carbonyl (C=O) groups excluding carboxylic acids is 1. The van der Waals surface area contributed by atoms with Crippen molar-refractivity contribution < 1.29 is 33.6 Å². The number of phenolic OH excluding ortho intramolecular Hbond substituents is 1. The predicted octanol–water partition coefficient (Wildman–Crippen LogP) is 4.89. The molecule has 0 bridgehead atoms. The molecule has 0 heterocycles. The summed E-state index contributed by atoms with van der Waals surface area (Å²) in [4.78, 5) is 12.0. The Kier molecular flexibility index (Phi) is 9.16. The van der Waals surface area contributed by atoms with E-state index in [0.29, 0.717) is 34.8 Å². The topological polar surface area (TPSA) is 85.2 Å². The first-order valence-electron chi connectivity index (χ1n) is 9.51. The fourth-order valence-electron chi connectivity index (χ4n) is 2.54. The second-order valence-electron chi connectivity index (χ2n) is 6.37. The highest BCUT2D eigenvalue weighted by Gasteiger charge is 2.05. The van der Waals surface area contributed by atoms with Crippen LogP contribution < -0.4 is 14.2 Å². The van der Waals surface area contributed by atoms with Crippen LogP contribution in [0.1, 0.15) is 17.5 Å². The molecule has 0 aliphatic heterocycles. The van der Waals surface area contributed by atoms with Crippen molar-refractivity contribution in [2.45, 2.75) is 6.42 Å². The summed E-state index contributed by atoms with van der Waals surface area (Å²) in [5.74, 6) is 0.644. The number of methoxy groups -OCH3 is 2. The zero-order valence-corrected chi connectivity index (χ0v) is 17.4. The summed E-state index contributed by atoms with van der Waals surface area (Å²) in [5.41, 5.74) is 1.38. The molecule has 6 nitrogen and oxygen atoms in total. The van der Waals surface area contributed by atoms with E-state index in [2.05, 4.69) is 0 Å². The SMILES string of the molecule is COc1cc(/C=C/C(=O)/C=C(O)/C=C/c2ccc(OCCC[18F])c(OC)c2)ccc1O. The van der Waals surface area contributed by atoms with Crippen molar-refractivity contribution in [2.24, 2.45) is 0 Å². The number of ether oxygens (including phenoxy) is 3.